The van der Waals surface area contributed by atoms with Gasteiger partial charge in [-0.3, -0.25) is 0 Å². The topological polar surface area (TPSA) is 12.0 Å². The Balaban J connectivity index is 3.21. The molecule has 8 heavy (non-hydrogen) atoms. The van der Waals surface area contributed by atoms with Gasteiger partial charge < -0.3 is 5.32 Å². The van der Waals surface area contributed by atoms with Gasteiger partial charge in [0.15, 0.2) is 0 Å². The fourth-order valence-corrected chi connectivity index (χ4v) is 1.97. The van der Waals surface area contributed by atoms with Crippen molar-refractivity contribution >= 4 is 8.80 Å². The Morgan fingerprint density at radius 1 is 1.75 bits per heavy atom. The lowest BCUT2D eigenvalue weighted by molar-refractivity contribution is 0.955. The molecule has 0 fully saturated rings. The highest BCUT2D eigenvalue weighted by atomic mass is 28.3. The Morgan fingerprint density at radius 3 is 2.50 bits per heavy atom. The average Bonchev–Trinajstić information content (AvgIpc) is 1.83. The standard InChI is InChI=1S/C6H15NSi/c1-4-8(5-2)6-7-3/h4,7-8H,1,5-6H2,2-3H3. The summed E-state index contributed by atoms with van der Waals surface area (Å²) in [6, 6.07) is 1.32. The van der Waals surface area contributed by atoms with Gasteiger partial charge in [-0.1, -0.05) is 13.0 Å². The molecule has 0 aromatic rings. The summed E-state index contributed by atoms with van der Waals surface area (Å²) in [5.41, 5.74) is 2.14. The highest BCUT2D eigenvalue weighted by molar-refractivity contribution is 6.64. The molecule has 2 heteroatoms. The molecule has 1 unspecified atom stereocenters. The summed E-state index contributed by atoms with van der Waals surface area (Å²) in [5, 5.41) is 3.16. The van der Waals surface area contributed by atoms with Crippen LogP contribution in [-0.2, 0) is 0 Å². The minimum absolute atomic E-state index is 0.539. The first-order valence-corrected chi connectivity index (χ1v) is 5.42. The maximum Gasteiger partial charge on any atom is 0.0751 e. The molecule has 0 aliphatic rings. The number of hydrogen-bond donors (Lipinski definition) is 1. The molecule has 0 amide bonds. The van der Waals surface area contributed by atoms with E-state index in [4.69, 9.17) is 0 Å². The Bertz CT molecular complexity index is 63.5. The zero-order valence-corrected chi connectivity index (χ0v) is 6.93. The van der Waals surface area contributed by atoms with E-state index in [1.807, 2.05) is 7.05 Å². The second-order valence-electron chi connectivity index (χ2n) is 1.96. The summed E-state index contributed by atoms with van der Waals surface area (Å²) in [5.74, 6) is 0. The molecule has 0 radical (unpaired) electrons. The molecule has 0 bridgehead atoms. The van der Waals surface area contributed by atoms with Gasteiger partial charge in [0.1, 0.15) is 0 Å². The zero-order chi connectivity index (χ0) is 6.41. The van der Waals surface area contributed by atoms with Crippen molar-refractivity contribution in [2.75, 3.05) is 13.2 Å². The highest BCUT2D eigenvalue weighted by Gasteiger charge is 1.98. The van der Waals surface area contributed by atoms with Gasteiger partial charge in [0, 0.05) is 0 Å². The van der Waals surface area contributed by atoms with Crippen molar-refractivity contribution in [1.82, 2.24) is 5.32 Å². The summed E-state index contributed by atoms with van der Waals surface area (Å²) in [6.45, 7) is 6.00. The van der Waals surface area contributed by atoms with E-state index in [1.165, 1.54) is 12.2 Å². The van der Waals surface area contributed by atoms with E-state index in [0.717, 1.165) is 0 Å². The van der Waals surface area contributed by atoms with Crippen LogP contribution in [0.1, 0.15) is 6.92 Å². The Hall–Kier alpha value is -0.0831. The SMILES string of the molecule is C=C[SiH](CC)CNC. The van der Waals surface area contributed by atoms with Crippen molar-refractivity contribution in [2.24, 2.45) is 0 Å². The minimum atomic E-state index is -0.539. The van der Waals surface area contributed by atoms with Crippen LogP contribution in [0.25, 0.3) is 0 Å². The maximum absolute atomic E-state index is 3.77. The summed E-state index contributed by atoms with van der Waals surface area (Å²) >= 11 is 0. The number of rotatable bonds is 4. The first-order chi connectivity index (χ1) is 3.85. The van der Waals surface area contributed by atoms with Crippen LogP contribution >= 0.6 is 0 Å². The van der Waals surface area contributed by atoms with Crippen molar-refractivity contribution in [3.05, 3.63) is 12.3 Å². The lowest BCUT2D eigenvalue weighted by Gasteiger charge is -2.03. The molecule has 0 aliphatic heterocycles. The van der Waals surface area contributed by atoms with E-state index in [2.05, 4.69) is 24.5 Å². The van der Waals surface area contributed by atoms with Crippen LogP contribution in [0.3, 0.4) is 0 Å². The fraction of sp³-hybridized carbons (Fsp3) is 0.667. The fourth-order valence-electron chi connectivity index (χ4n) is 0.657. The Labute approximate surface area is 53.4 Å². The van der Waals surface area contributed by atoms with Crippen LogP contribution in [0.4, 0.5) is 0 Å². The van der Waals surface area contributed by atoms with E-state index in [1.54, 1.807) is 0 Å². The van der Waals surface area contributed by atoms with Crippen LogP contribution in [-0.4, -0.2) is 22.0 Å². The first kappa shape index (κ1) is 7.92. The second kappa shape index (κ2) is 5.06. The zero-order valence-electron chi connectivity index (χ0n) is 5.78. The maximum atomic E-state index is 3.77. The predicted octanol–water partition coefficient (Wildman–Crippen LogP) is 0.717. The van der Waals surface area contributed by atoms with Crippen LogP contribution in [0.15, 0.2) is 12.3 Å². The summed E-state index contributed by atoms with van der Waals surface area (Å²) in [7, 11) is 1.46. The monoisotopic (exact) mass is 129 g/mol. The van der Waals surface area contributed by atoms with Gasteiger partial charge >= 0.3 is 0 Å². The van der Waals surface area contributed by atoms with Crippen LogP contribution in [0, 0.1) is 0 Å². The third kappa shape index (κ3) is 2.99. The van der Waals surface area contributed by atoms with E-state index in [9.17, 15) is 0 Å². The molecule has 0 spiro atoms. The highest BCUT2D eigenvalue weighted by Crippen LogP contribution is 1.88. The van der Waals surface area contributed by atoms with Gasteiger partial charge in [0.05, 0.1) is 8.80 Å². The van der Waals surface area contributed by atoms with Gasteiger partial charge in [0.25, 0.3) is 0 Å². The van der Waals surface area contributed by atoms with Crippen LogP contribution in [0.5, 0.6) is 0 Å². The average molecular weight is 129 g/mol. The molecular weight excluding hydrogens is 114 g/mol. The third-order valence-corrected chi connectivity index (χ3v) is 3.97. The van der Waals surface area contributed by atoms with Gasteiger partial charge in [0.2, 0.25) is 0 Å². The third-order valence-electron chi connectivity index (χ3n) is 1.32. The lowest BCUT2D eigenvalue weighted by Crippen LogP contribution is -2.25. The molecule has 1 N–H and O–H groups in total. The Kier molecular flexibility index (Phi) is 5.01. The van der Waals surface area contributed by atoms with E-state index >= 15 is 0 Å². The largest absolute Gasteiger partial charge is 0.322 e. The van der Waals surface area contributed by atoms with Crippen molar-refractivity contribution < 1.29 is 0 Å². The molecule has 0 heterocycles. The smallest absolute Gasteiger partial charge is 0.0751 e. The number of hydrogen-bond acceptors (Lipinski definition) is 1. The first-order valence-electron chi connectivity index (χ1n) is 3.12. The molecule has 1 atom stereocenters. The van der Waals surface area contributed by atoms with Gasteiger partial charge in [-0.15, -0.1) is 12.3 Å². The van der Waals surface area contributed by atoms with Gasteiger partial charge in [-0.05, 0) is 13.2 Å². The number of nitrogens with one attached hydrogen (secondary N) is 1. The van der Waals surface area contributed by atoms with E-state index in [-0.39, 0.29) is 0 Å². The quantitative estimate of drug-likeness (QED) is 0.551. The Morgan fingerprint density at radius 2 is 2.38 bits per heavy atom. The summed E-state index contributed by atoms with van der Waals surface area (Å²) in [4.78, 5) is 0. The molecule has 0 saturated carbocycles. The van der Waals surface area contributed by atoms with Crippen molar-refractivity contribution in [2.45, 2.75) is 13.0 Å². The molecule has 1 nitrogen and oxygen atoms in total. The van der Waals surface area contributed by atoms with Crippen molar-refractivity contribution in [1.29, 1.82) is 0 Å². The van der Waals surface area contributed by atoms with E-state index < -0.39 is 8.80 Å². The minimum Gasteiger partial charge on any atom is -0.322 e. The molecule has 48 valence electrons. The van der Waals surface area contributed by atoms with Crippen LogP contribution < -0.4 is 5.32 Å². The normalized spacial score (nSPS) is 13.2. The van der Waals surface area contributed by atoms with Crippen molar-refractivity contribution in [3.63, 3.8) is 0 Å². The van der Waals surface area contributed by atoms with E-state index in [0.29, 0.717) is 0 Å². The predicted molar refractivity (Wildman–Crippen MR) is 41.8 cm³/mol. The van der Waals surface area contributed by atoms with Gasteiger partial charge in [-0.2, -0.15) is 0 Å². The second-order valence-corrected chi connectivity index (χ2v) is 5.18. The van der Waals surface area contributed by atoms with Gasteiger partial charge in [-0.25, -0.2) is 0 Å². The molecule has 0 saturated heterocycles. The lowest BCUT2D eigenvalue weighted by atomic mass is 11.0. The van der Waals surface area contributed by atoms with Crippen molar-refractivity contribution in [3.8, 4) is 0 Å². The summed E-state index contributed by atoms with van der Waals surface area (Å²) in [6.07, 6.45) is 1.19. The molecule has 0 aliphatic carbocycles. The molecule has 0 aromatic carbocycles. The molecule has 0 aromatic heterocycles. The molecular formula is C6H15NSi. The summed E-state index contributed by atoms with van der Waals surface area (Å²) < 4.78 is 0. The van der Waals surface area contributed by atoms with Crippen LogP contribution in [0.2, 0.25) is 6.04 Å². The molecule has 0 rings (SSSR count).